The van der Waals surface area contributed by atoms with Gasteiger partial charge in [0.1, 0.15) is 0 Å². The fourth-order valence-electron chi connectivity index (χ4n) is 2.08. The molecule has 0 bridgehead atoms. The molecule has 1 aliphatic rings. The van der Waals surface area contributed by atoms with E-state index in [2.05, 4.69) is 12.6 Å². The minimum atomic E-state index is 0.192. The Balaban J connectivity index is 2.07. The average molecular weight is 249 g/mol. The van der Waals surface area contributed by atoms with Gasteiger partial charge >= 0.3 is 0 Å². The number of thiol groups is 1. The Morgan fingerprint density at radius 2 is 2.06 bits per heavy atom. The lowest BCUT2D eigenvalue weighted by Gasteiger charge is -2.22. The van der Waals surface area contributed by atoms with Crippen molar-refractivity contribution in [2.75, 3.05) is 17.7 Å². The normalized spacial score (nSPS) is 16.6. The smallest absolute Gasteiger partial charge is 0.227 e. The van der Waals surface area contributed by atoms with Crippen LogP contribution in [0, 0.1) is 12.3 Å². The molecule has 3 heteroatoms. The lowest BCUT2D eigenvalue weighted by molar-refractivity contribution is -0.119. The van der Waals surface area contributed by atoms with Crippen molar-refractivity contribution in [1.29, 1.82) is 0 Å². The number of rotatable bonds is 4. The molecule has 1 aromatic rings. The van der Waals surface area contributed by atoms with Gasteiger partial charge in [0.25, 0.3) is 0 Å². The summed E-state index contributed by atoms with van der Waals surface area (Å²) >= 11 is 4.34. The van der Waals surface area contributed by atoms with Crippen LogP contribution in [-0.4, -0.2) is 18.7 Å². The number of carbonyl (C=O) groups excluding carboxylic acids is 1. The molecule has 0 unspecified atom stereocenters. The molecule has 0 N–H and O–H groups in total. The first-order chi connectivity index (χ1) is 8.08. The van der Waals surface area contributed by atoms with Crippen molar-refractivity contribution >= 4 is 24.2 Å². The highest BCUT2D eigenvalue weighted by molar-refractivity contribution is 7.80. The monoisotopic (exact) mass is 249 g/mol. The highest BCUT2D eigenvalue weighted by Crippen LogP contribution is 2.49. The van der Waals surface area contributed by atoms with Gasteiger partial charge < -0.3 is 4.90 Å². The summed E-state index contributed by atoms with van der Waals surface area (Å²) in [5, 5.41) is 0. The van der Waals surface area contributed by atoms with E-state index >= 15 is 0 Å². The van der Waals surface area contributed by atoms with Gasteiger partial charge in [0.2, 0.25) is 5.91 Å². The summed E-state index contributed by atoms with van der Waals surface area (Å²) in [5.74, 6) is 1.02. The summed E-state index contributed by atoms with van der Waals surface area (Å²) in [6.45, 7) is 2.03. The maximum absolute atomic E-state index is 12.2. The number of amides is 1. The summed E-state index contributed by atoms with van der Waals surface area (Å²) in [6.07, 6.45) is 2.91. The van der Waals surface area contributed by atoms with Crippen LogP contribution < -0.4 is 4.90 Å². The quantitative estimate of drug-likeness (QED) is 0.813. The highest BCUT2D eigenvalue weighted by atomic mass is 32.1. The van der Waals surface area contributed by atoms with Crippen LogP contribution in [0.3, 0.4) is 0 Å². The first-order valence-electron chi connectivity index (χ1n) is 6.01. The number of carbonyl (C=O) groups is 1. The SMILES string of the molecule is Cc1ccccc1N(C)C(=O)CC1(CS)CC1. The van der Waals surface area contributed by atoms with Gasteiger partial charge in [-0.05, 0) is 42.6 Å². The van der Waals surface area contributed by atoms with Crippen molar-refractivity contribution in [3.63, 3.8) is 0 Å². The Kier molecular flexibility index (Phi) is 3.48. The van der Waals surface area contributed by atoms with Gasteiger partial charge in [0, 0.05) is 19.2 Å². The summed E-state index contributed by atoms with van der Waals surface area (Å²) in [4.78, 5) is 14.0. The average Bonchev–Trinajstić information content (AvgIpc) is 3.09. The van der Waals surface area contributed by atoms with Crippen molar-refractivity contribution in [3.05, 3.63) is 29.8 Å². The lowest BCUT2D eigenvalue weighted by atomic mass is 10.0. The number of anilines is 1. The largest absolute Gasteiger partial charge is 0.315 e. The Labute approximate surface area is 108 Å². The second-order valence-electron chi connectivity index (χ2n) is 5.07. The molecule has 0 aromatic heterocycles. The topological polar surface area (TPSA) is 20.3 Å². The molecule has 0 saturated heterocycles. The van der Waals surface area contributed by atoms with E-state index in [4.69, 9.17) is 0 Å². The molecule has 0 spiro atoms. The minimum Gasteiger partial charge on any atom is -0.315 e. The maximum Gasteiger partial charge on any atom is 0.227 e. The maximum atomic E-state index is 12.2. The molecule has 0 radical (unpaired) electrons. The van der Waals surface area contributed by atoms with Crippen molar-refractivity contribution in [3.8, 4) is 0 Å². The summed E-state index contributed by atoms with van der Waals surface area (Å²) < 4.78 is 0. The molecule has 92 valence electrons. The van der Waals surface area contributed by atoms with Gasteiger partial charge in [-0.3, -0.25) is 4.79 Å². The summed E-state index contributed by atoms with van der Waals surface area (Å²) in [5.41, 5.74) is 2.34. The van der Waals surface area contributed by atoms with Crippen molar-refractivity contribution in [1.82, 2.24) is 0 Å². The lowest BCUT2D eigenvalue weighted by Crippen LogP contribution is -2.29. The Bertz CT molecular complexity index is 426. The van der Waals surface area contributed by atoms with E-state index in [9.17, 15) is 4.79 Å². The van der Waals surface area contributed by atoms with Crippen molar-refractivity contribution < 1.29 is 4.79 Å². The summed E-state index contributed by atoms with van der Waals surface area (Å²) in [7, 11) is 1.86. The van der Waals surface area contributed by atoms with E-state index in [-0.39, 0.29) is 11.3 Å². The number of para-hydroxylation sites is 1. The number of nitrogens with zero attached hydrogens (tertiary/aromatic N) is 1. The van der Waals surface area contributed by atoms with Crippen LogP contribution in [0.1, 0.15) is 24.8 Å². The van der Waals surface area contributed by atoms with Crippen molar-refractivity contribution in [2.45, 2.75) is 26.2 Å². The second kappa shape index (κ2) is 4.73. The van der Waals surface area contributed by atoms with Crippen LogP contribution in [0.2, 0.25) is 0 Å². The van der Waals surface area contributed by atoms with Gasteiger partial charge in [0.15, 0.2) is 0 Å². The molecule has 17 heavy (non-hydrogen) atoms. The number of aryl methyl sites for hydroxylation is 1. The van der Waals surface area contributed by atoms with Crippen molar-refractivity contribution in [2.24, 2.45) is 5.41 Å². The van der Waals surface area contributed by atoms with Gasteiger partial charge in [-0.2, -0.15) is 12.6 Å². The predicted octanol–water partition coefficient (Wildman–Crippen LogP) is 3.06. The molecule has 2 rings (SSSR count). The highest BCUT2D eigenvalue weighted by Gasteiger charge is 2.43. The van der Waals surface area contributed by atoms with E-state index in [1.54, 1.807) is 4.90 Å². The molecular weight excluding hydrogens is 230 g/mol. The van der Waals surface area contributed by atoms with E-state index in [0.29, 0.717) is 6.42 Å². The predicted molar refractivity (Wildman–Crippen MR) is 74.7 cm³/mol. The number of benzene rings is 1. The number of hydrogen-bond donors (Lipinski definition) is 1. The fraction of sp³-hybridized carbons (Fsp3) is 0.500. The van der Waals surface area contributed by atoms with Gasteiger partial charge in [0.05, 0.1) is 0 Å². The third-order valence-corrected chi connectivity index (χ3v) is 4.34. The third kappa shape index (κ3) is 2.65. The molecule has 0 heterocycles. The minimum absolute atomic E-state index is 0.192. The first-order valence-corrected chi connectivity index (χ1v) is 6.64. The van der Waals surface area contributed by atoms with Crippen LogP contribution in [0.25, 0.3) is 0 Å². The molecule has 1 aromatic carbocycles. The molecule has 1 amide bonds. The van der Waals surface area contributed by atoms with E-state index in [1.807, 2.05) is 38.2 Å². The van der Waals surface area contributed by atoms with Crippen LogP contribution in [0.4, 0.5) is 5.69 Å². The van der Waals surface area contributed by atoms with Gasteiger partial charge in [-0.1, -0.05) is 18.2 Å². The van der Waals surface area contributed by atoms with Crippen LogP contribution >= 0.6 is 12.6 Å². The Morgan fingerprint density at radius 3 is 2.59 bits per heavy atom. The third-order valence-electron chi connectivity index (χ3n) is 3.67. The van der Waals surface area contributed by atoms with Crippen LogP contribution in [0.5, 0.6) is 0 Å². The first kappa shape index (κ1) is 12.5. The van der Waals surface area contributed by atoms with E-state index in [1.165, 1.54) is 0 Å². The zero-order chi connectivity index (χ0) is 12.5. The molecule has 0 aliphatic heterocycles. The van der Waals surface area contributed by atoms with Gasteiger partial charge in [-0.25, -0.2) is 0 Å². The zero-order valence-corrected chi connectivity index (χ0v) is 11.3. The standard InChI is InChI=1S/C14H19NOS/c1-11-5-3-4-6-12(11)15(2)13(16)9-14(10-17)7-8-14/h3-6,17H,7-10H2,1-2H3. The van der Waals surface area contributed by atoms with Crippen LogP contribution in [0.15, 0.2) is 24.3 Å². The van der Waals surface area contributed by atoms with E-state index < -0.39 is 0 Å². The van der Waals surface area contributed by atoms with Crippen LogP contribution in [-0.2, 0) is 4.79 Å². The molecular formula is C14H19NOS. The summed E-state index contributed by atoms with van der Waals surface area (Å²) in [6, 6.07) is 7.99. The second-order valence-corrected chi connectivity index (χ2v) is 5.39. The van der Waals surface area contributed by atoms with E-state index in [0.717, 1.165) is 29.8 Å². The molecule has 1 fully saturated rings. The molecule has 1 saturated carbocycles. The zero-order valence-electron chi connectivity index (χ0n) is 10.4. The van der Waals surface area contributed by atoms with Gasteiger partial charge in [-0.15, -0.1) is 0 Å². The molecule has 2 nitrogen and oxygen atoms in total. The Hall–Kier alpha value is -0.960. The Morgan fingerprint density at radius 1 is 1.41 bits per heavy atom. The molecule has 1 aliphatic carbocycles. The fourth-order valence-corrected chi connectivity index (χ4v) is 2.51. The number of hydrogen-bond acceptors (Lipinski definition) is 2. The molecule has 0 atom stereocenters.